The molecule has 3 amide bonds. The van der Waals surface area contributed by atoms with Crippen LogP contribution in [0, 0.1) is 12.8 Å². The summed E-state index contributed by atoms with van der Waals surface area (Å²) >= 11 is 1.52. The van der Waals surface area contributed by atoms with Gasteiger partial charge < -0.3 is 26.0 Å². The molecular formula is C21H37N5O4S. The van der Waals surface area contributed by atoms with Gasteiger partial charge in [0.25, 0.3) is 0 Å². The first-order valence-electron chi connectivity index (χ1n) is 10.6. The Kier molecular flexibility index (Phi) is 10.7. The number of rotatable bonds is 11. The van der Waals surface area contributed by atoms with E-state index in [0.29, 0.717) is 19.4 Å². The highest BCUT2D eigenvalue weighted by atomic mass is 32.1. The lowest BCUT2D eigenvalue weighted by atomic mass is 9.97. The number of nitrogens with zero attached hydrogens (tertiary/aromatic N) is 1. The van der Waals surface area contributed by atoms with E-state index in [1.54, 1.807) is 20.8 Å². The molecule has 1 aromatic rings. The number of alkyl carbamates (subject to hydrolysis) is 1. The van der Waals surface area contributed by atoms with E-state index in [9.17, 15) is 14.4 Å². The quantitative estimate of drug-likeness (QED) is 0.381. The molecule has 0 saturated carbocycles. The SMILES string of the molecule is CC[C@H](C)[C@H](NC(=O)[C@H](CCCNc1nc(C)cs1)NC(=O)OC(C)(C)C)C(=O)NC. The van der Waals surface area contributed by atoms with E-state index in [2.05, 4.69) is 26.3 Å². The van der Waals surface area contributed by atoms with Gasteiger partial charge in [0, 0.05) is 19.0 Å². The number of carbonyl (C=O) groups excluding carboxylic acids is 3. The number of aromatic nitrogens is 1. The molecule has 0 aliphatic carbocycles. The van der Waals surface area contributed by atoms with E-state index in [1.807, 2.05) is 26.2 Å². The van der Waals surface area contributed by atoms with Crippen LogP contribution < -0.4 is 21.3 Å². The lowest BCUT2D eigenvalue weighted by molar-refractivity contribution is -0.131. The number of likely N-dealkylation sites (N-methyl/N-ethyl adjacent to an activating group) is 1. The van der Waals surface area contributed by atoms with Crippen LogP contribution >= 0.6 is 11.3 Å². The minimum absolute atomic E-state index is 0.0547. The summed E-state index contributed by atoms with van der Waals surface area (Å²) in [7, 11) is 1.53. The second kappa shape index (κ2) is 12.5. The van der Waals surface area contributed by atoms with Crippen LogP contribution in [-0.4, -0.2) is 54.2 Å². The van der Waals surface area contributed by atoms with Gasteiger partial charge in [0.05, 0.1) is 5.69 Å². The van der Waals surface area contributed by atoms with E-state index in [-0.39, 0.29) is 11.8 Å². The third-order valence-electron chi connectivity index (χ3n) is 4.61. The number of anilines is 1. The minimum Gasteiger partial charge on any atom is -0.444 e. The molecule has 4 N–H and O–H groups in total. The van der Waals surface area contributed by atoms with Crippen LogP contribution in [0.15, 0.2) is 5.38 Å². The summed E-state index contributed by atoms with van der Waals surface area (Å²) in [6.07, 6.45) is 1.04. The third kappa shape index (κ3) is 9.99. The first-order valence-corrected chi connectivity index (χ1v) is 11.5. The number of aryl methyl sites for hydroxylation is 1. The van der Waals surface area contributed by atoms with Crippen molar-refractivity contribution in [3.63, 3.8) is 0 Å². The maximum Gasteiger partial charge on any atom is 0.408 e. The first-order chi connectivity index (χ1) is 14.5. The molecule has 31 heavy (non-hydrogen) atoms. The lowest BCUT2D eigenvalue weighted by Crippen LogP contribution is -2.55. The zero-order valence-electron chi connectivity index (χ0n) is 19.6. The van der Waals surface area contributed by atoms with Crippen molar-refractivity contribution in [1.29, 1.82) is 0 Å². The van der Waals surface area contributed by atoms with Crippen molar-refractivity contribution >= 4 is 34.4 Å². The van der Waals surface area contributed by atoms with E-state index >= 15 is 0 Å². The Labute approximate surface area is 189 Å². The fraction of sp³-hybridized carbons (Fsp3) is 0.714. The highest BCUT2D eigenvalue weighted by molar-refractivity contribution is 7.13. The van der Waals surface area contributed by atoms with Crippen molar-refractivity contribution in [2.45, 2.75) is 78.5 Å². The van der Waals surface area contributed by atoms with Gasteiger partial charge >= 0.3 is 6.09 Å². The van der Waals surface area contributed by atoms with Crippen LogP contribution in [0.3, 0.4) is 0 Å². The monoisotopic (exact) mass is 455 g/mol. The predicted octanol–water partition coefficient (Wildman–Crippen LogP) is 2.81. The predicted molar refractivity (Wildman–Crippen MR) is 123 cm³/mol. The van der Waals surface area contributed by atoms with Gasteiger partial charge in [-0.1, -0.05) is 20.3 Å². The van der Waals surface area contributed by atoms with Gasteiger partial charge in [-0.25, -0.2) is 9.78 Å². The van der Waals surface area contributed by atoms with Crippen LogP contribution in [0.4, 0.5) is 9.93 Å². The summed E-state index contributed by atoms with van der Waals surface area (Å²) in [4.78, 5) is 41.8. The zero-order valence-corrected chi connectivity index (χ0v) is 20.4. The Hall–Kier alpha value is -2.36. The molecule has 1 heterocycles. The molecule has 0 saturated heterocycles. The van der Waals surface area contributed by atoms with Gasteiger partial charge in [-0.2, -0.15) is 0 Å². The highest BCUT2D eigenvalue weighted by Gasteiger charge is 2.30. The molecule has 0 radical (unpaired) electrons. The maximum atomic E-state index is 13.0. The van der Waals surface area contributed by atoms with E-state index < -0.39 is 29.7 Å². The summed E-state index contributed by atoms with van der Waals surface area (Å²) in [5.41, 5.74) is 0.262. The van der Waals surface area contributed by atoms with Gasteiger partial charge in [-0.15, -0.1) is 11.3 Å². The Morgan fingerprint density at radius 2 is 1.87 bits per heavy atom. The van der Waals surface area contributed by atoms with E-state index in [0.717, 1.165) is 17.2 Å². The summed E-state index contributed by atoms with van der Waals surface area (Å²) in [5.74, 6) is -0.731. The molecule has 0 aliphatic heterocycles. The van der Waals surface area contributed by atoms with Crippen molar-refractivity contribution < 1.29 is 19.1 Å². The average Bonchev–Trinajstić information content (AvgIpc) is 3.10. The summed E-state index contributed by atoms with van der Waals surface area (Å²) in [5, 5.41) is 14.0. The average molecular weight is 456 g/mol. The second-order valence-electron chi connectivity index (χ2n) is 8.55. The summed E-state index contributed by atoms with van der Waals surface area (Å²) in [6.45, 7) is 11.6. The van der Waals surface area contributed by atoms with Gasteiger partial charge in [0.15, 0.2) is 5.13 Å². The smallest absolute Gasteiger partial charge is 0.408 e. The van der Waals surface area contributed by atoms with Crippen molar-refractivity contribution in [2.24, 2.45) is 5.92 Å². The third-order valence-corrected chi connectivity index (χ3v) is 5.53. The lowest BCUT2D eigenvalue weighted by Gasteiger charge is -2.27. The number of hydrogen-bond donors (Lipinski definition) is 4. The normalized spacial score (nSPS) is 14.2. The van der Waals surface area contributed by atoms with Crippen molar-refractivity contribution in [2.75, 3.05) is 18.9 Å². The molecule has 9 nitrogen and oxygen atoms in total. The maximum absolute atomic E-state index is 13.0. The Morgan fingerprint density at radius 3 is 2.39 bits per heavy atom. The summed E-state index contributed by atoms with van der Waals surface area (Å²) < 4.78 is 5.31. The highest BCUT2D eigenvalue weighted by Crippen LogP contribution is 2.15. The van der Waals surface area contributed by atoms with Crippen LogP contribution in [0.5, 0.6) is 0 Å². The fourth-order valence-corrected chi connectivity index (χ4v) is 3.48. The minimum atomic E-state index is -0.828. The molecule has 0 fully saturated rings. The molecule has 0 spiro atoms. The number of nitrogens with one attached hydrogen (secondary N) is 4. The standard InChI is InChI=1S/C21H37N5O4S/c1-8-13(2)16(18(28)22-7)26-17(27)15(25-20(29)30-21(4,5)6)10-9-11-23-19-24-14(3)12-31-19/h12-13,15-16H,8-11H2,1-7H3,(H,22,28)(H,23,24)(H,25,29)(H,26,27)/t13-,15-,16-/m0/s1. The van der Waals surface area contributed by atoms with E-state index in [4.69, 9.17) is 4.74 Å². The molecule has 3 atom stereocenters. The largest absolute Gasteiger partial charge is 0.444 e. The zero-order chi connectivity index (χ0) is 23.6. The molecule has 0 bridgehead atoms. The number of thiazole rings is 1. The molecule has 10 heteroatoms. The van der Waals surface area contributed by atoms with Crippen molar-refractivity contribution in [3.05, 3.63) is 11.1 Å². The molecule has 0 aromatic carbocycles. The topological polar surface area (TPSA) is 121 Å². The van der Waals surface area contributed by atoms with Gasteiger partial charge in [0.2, 0.25) is 11.8 Å². The van der Waals surface area contributed by atoms with Crippen LogP contribution in [0.25, 0.3) is 0 Å². The van der Waals surface area contributed by atoms with Crippen molar-refractivity contribution in [3.8, 4) is 0 Å². The van der Waals surface area contributed by atoms with Crippen LogP contribution in [0.1, 0.15) is 59.6 Å². The number of carbonyl (C=O) groups is 3. The molecular weight excluding hydrogens is 418 g/mol. The van der Waals surface area contributed by atoms with Gasteiger partial charge in [-0.3, -0.25) is 9.59 Å². The van der Waals surface area contributed by atoms with Crippen LogP contribution in [-0.2, 0) is 14.3 Å². The van der Waals surface area contributed by atoms with Crippen LogP contribution in [0.2, 0.25) is 0 Å². The van der Waals surface area contributed by atoms with Gasteiger partial charge in [0.1, 0.15) is 17.7 Å². The molecule has 0 aliphatic rings. The summed E-state index contributed by atoms with van der Waals surface area (Å²) in [6, 6.07) is -1.51. The fourth-order valence-electron chi connectivity index (χ4n) is 2.77. The first kappa shape index (κ1) is 26.7. The Balaban J connectivity index is 2.79. The Bertz CT molecular complexity index is 732. The molecule has 176 valence electrons. The molecule has 1 rings (SSSR count). The molecule has 1 aromatic heterocycles. The number of ether oxygens (including phenoxy) is 1. The Morgan fingerprint density at radius 1 is 1.19 bits per heavy atom. The number of amides is 3. The number of hydrogen-bond acceptors (Lipinski definition) is 7. The second-order valence-corrected chi connectivity index (χ2v) is 9.41. The molecule has 0 unspecified atom stereocenters. The van der Waals surface area contributed by atoms with Crippen molar-refractivity contribution in [1.82, 2.24) is 20.9 Å². The van der Waals surface area contributed by atoms with E-state index in [1.165, 1.54) is 18.4 Å². The van der Waals surface area contributed by atoms with Gasteiger partial charge in [-0.05, 0) is 46.5 Å².